The van der Waals surface area contributed by atoms with Crippen LogP contribution >= 0.6 is 58.2 Å². The Labute approximate surface area is 168 Å². The Morgan fingerprint density at radius 3 is 2.36 bits per heavy atom. The van der Waals surface area contributed by atoms with Crippen LogP contribution in [0.2, 0.25) is 20.1 Å². The van der Waals surface area contributed by atoms with Gasteiger partial charge < -0.3 is 10.1 Å². The van der Waals surface area contributed by atoms with E-state index in [-0.39, 0.29) is 5.75 Å². The highest BCUT2D eigenvalue weighted by Gasteiger charge is 2.11. The smallest absolute Gasteiger partial charge is 0.316 e. The third-order valence-electron chi connectivity index (χ3n) is 2.81. The van der Waals surface area contributed by atoms with Crippen molar-refractivity contribution in [3.8, 4) is 0 Å². The number of ether oxygens (including phenoxy) is 1. The highest BCUT2D eigenvalue weighted by Crippen LogP contribution is 2.30. The van der Waals surface area contributed by atoms with Crippen LogP contribution in [-0.4, -0.2) is 24.2 Å². The Balaban J connectivity index is 1.79. The van der Waals surface area contributed by atoms with Gasteiger partial charge in [-0.15, -0.1) is 11.8 Å². The van der Waals surface area contributed by atoms with Crippen molar-refractivity contribution in [3.05, 3.63) is 56.5 Å². The zero-order valence-corrected chi connectivity index (χ0v) is 16.4. The molecule has 0 saturated heterocycles. The molecule has 4 nitrogen and oxygen atoms in total. The normalized spacial score (nSPS) is 10.4. The molecule has 2 aromatic carbocycles. The second-order valence-electron chi connectivity index (χ2n) is 4.70. The summed E-state index contributed by atoms with van der Waals surface area (Å²) in [5.74, 6) is -1.07. The molecule has 132 valence electrons. The van der Waals surface area contributed by atoms with E-state index in [2.05, 4.69) is 5.32 Å². The van der Waals surface area contributed by atoms with Gasteiger partial charge in [0.15, 0.2) is 6.61 Å². The molecule has 0 fully saturated rings. The Bertz CT molecular complexity index is 801. The summed E-state index contributed by atoms with van der Waals surface area (Å²) in [5.41, 5.74) is 0.382. The standard InChI is InChI=1S/C16H11Cl4NO3S/c17-9-2-4-13(12(20)5-9)21-15(22)7-24-16(23)8-25-14-6-10(18)1-3-11(14)19/h1-6H,7-8H2,(H,21,22). The Hall–Kier alpha value is -1.11. The van der Waals surface area contributed by atoms with Crippen molar-refractivity contribution in [1.29, 1.82) is 0 Å². The molecule has 0 aliphatic carbocycles. The average molecular weight is 439 g/mol. The summed E-state index contributed by atoms with van der Waals surface area (Å²) in [5, 5.41) is 4.27. The van der Waals surface area contributed by atoms with Gasteiger partial charge in [-0.05, 0) is 36.4 Å². The quantitative estimate of drug-likeness (QED) is 0.472. The van der Waals surface area contributed by atoms with Gasteiger partial charge in [0.1, 0.15) is 0 Å². The minimum atomic E-state index is -0.557. The van der Waals surface area contributed by atoms with Crippen LogP contribution in [-0.2, 0) is 14.3 Å². The van der Waals surface area contributed by atoms with E-state index in [1.165, 1.54) is 17.8 Å². The van der Waals surface area contributed by atoms with E-state index in [4.69, 9.17) is 51.1 Å². The van der Waals surface area contributed by atoms with E-state index >= 15 is 0 Å². The molecule has 2 rings (SSSR count). The number of esters is 1. The maximum atomic E-state index is 11.8. The summed E-state index contributed by atoms with van der Waals surface area (Å²) in [4.78, 5) is 24.2. The number of rotatable bonds is 6. The van der Waals surface area contributed by atoms with E-state index in [9.17, 15) is 9.59 Å². The number of benzene rings is 2. The SMILES string of the molecule is O=C(COC(=O)CSc1cc(Cl)ccc1Cl)Nc1ccc(Cl)cc1Cl. The fourth-order valence-corrected chi connectivity index (χ4v) is 3.44. The first kappa shape index (κ1) is 20.2. The maximum absolute atomic E-state index is 11.8. The van der Waals surface area contributed by atoms with Crippen LogP contribution in [0, 0.1) is 0 Å². The molecule has 0 heterocycles. The monoisotopic (exact) mass is 437 g/mol. The van der Waals surface area contributed by atoms with Crippen molar-refractivity contribution < 1.29 is 14.3 Å². The van der Waals surface area contributed by atoms with Gasteiger partial charge in [-0.3, -0.25) is 9.59 Å². The summed E-state index contributed by atoms with van der Waals surface area (Å²) in [6.07, 6.45) is 0. The molecule has 1 N–H and O–H groups in total. The molecular formula is C16H11Cl4NO3S. The molecule has 0 aromatic heterocycles. The number of carbonyl (C=O) groups is 2. The first-order chi connectivity index (χ1) is 11.8. The van der Waals surface area contributed by atoms with Crippen LogP contribution in [0.3, 0.4) is 0 Å². The first-order valence-electron chi connectivity index (χ1n) is 6.83. The van der Waals surface area contributed by atoms with Gasteiger partial charge in [0.25, 0.3) is 5.91 Å². The largest absolute Gasteiger partial charge is 0.455 e. The summed E-state index contributed by atoms with van der Waals surface area (Å²) >= 11 is 24.8. The van der Waals surface area contributed by atoms with Gasteiger partial charge in [-0.2, -0.15) is 0 Å². The van der Waals surface area contributed by atoms with Gasteiger partial charge in [-0.1, -0.05) is 46.4 Å². The molecule has 0 radical (unpaired) electrons. The topological polar surface area (TPSA) is 55.4 Å². The highest BCUT2D eigenvalue weighted by atomic mass is 35.5. The van der Waals surface area contributed by atoms with Crippen molar-refractivity contribution >= 4 is 75.7 Å². The van der Waals surface area contributed by atoms with E-state index in [1.54, 1.807) is 30.3 Å². The zero-order chi connectivity index (χ0) is 18.4. The van der Waals surface area contributed by atoms with E-state index in [0.29, 0.717) is 30.7 Å². The van der Waals surface area contributed by atoms with Gasteiger partial charge >= 0.3 is 5.97 Å². The van der Waals surface area contributed by atoms with Crippen LogP contribution in [0.25, 0.3) is 0 Å². The lowest BCUT2D eigenvalue weighted by Gasteiger charge is -2.08. The number of hydrogen-bond donors (Lipinski definition) is 1. The number of anilines is 1. The van der Waals surface area contributed by atoms with Gasteiger partial charge in [0, 0.05) is 14.9 Å². The second-order valence-corrected chi connectivity index (χ2v) is 7.40. The fourth-order valence-electron chi connectivity index (χ4n) is 1.69. The van der Waals surface area contributed by atoms with Crippen LogP contribution in [0.5, 0.6) is 0 Å². The van der Waals surface area contributed by atoms with Crippen molar-refractivity contribution in [2.45, 2.75) is 4.90 Å². The number of halogens is 4. The molecule has 0 unspecified atom stereocenters. The van der Waals surface area contributed by atoms with Crippen molar-refractivity contribution in [3.63, 3.8) is 0 Å². The predicted octanol–water partition coefficient (Wildman–Crippen LogP) is 5.57. The number of carbonyl (C=O) groups excluding carboxylic acids is 2. The predicted molar refractivity (Wildman–Crippen MR) is 103 cm³/mol. The summed E-state index contributed by atoms with van der Waals surface area (Å²) < 4.78 is 4.91. The molecule has 0 aliphatic rings. The Morgan fingerprint density at radius 1 is 0.960 bits per heavy atom. The second kappa shape index (κ2) is 9.55. The summed E-state index contributed by atoms with van der Waals surface area (Å²) in [6, 6.07) is 9.58. The lowest BCUT2D eigenvalue weighted by Crippen LogP contribution is -2.21. The third kappa shape index (κ3) is 6.60. The van der Waals surface area contributed by atoms with Crippen molar-refractivity contribution in [2.75, 3.05) is 17.7 Å². The molecule has 0 atom stereocenters. The summed E-state index contributed by atoms with van der Waals surface area (Å²) in [7, 11) is 0. The number of amides is 1. The fraction of sp³-hybridized carbons (Fsp3) is 0.125. The number of hydrogen-bond acceptors (Lipinski definition) is 4. The molecule has 2 aromatic rings. The molecule has 9 heteroatoms. The maximum Gasteiger partial charge on any atom is 0.316 e. The Kier molecular flexibility index (Phi) is 7.72. The lowest BCUT2D eigenvalue weighted by molar-refractivity contribution is -0.144. The minimum Gasteiger partial charge on any atom is -0.455 e. The number of nitrogens with one attached hydrogen (secondary N) is 1. The van der Waals surface area contributed by atoms with Crippen molar-refractivity contribution in [2.24, 2.45) is 0 Å². The van der Waals surface area contributed by atoms with Gasteiger partial charge in [0.2, 0.25) is 0 Å². The van der Waals surface area contributed by atoms with Crippen LogP contribution in [0.1, 0.15) is 0 Å². The zero-order valence-electron chi connectivity index (χ0n) is 12.5. The molecule has 0 spiro atoms. The number of thioether (sulfide) groups is 1. The molecule has 1 amide bonds. The Morgan fingerprint density at radius 2 is 1.64 bits per heavy atom. The van der Waals surface area contributed by atoms with Crippen LogP contribution in [0.15, 0.2) is 41.3 Å². The van der Waals surface area contributed by atoms with E-state index in [1.807, 2.05) is 0 Å². The van der Waals surface area contributed by atoms with Gasteiger partial charge in [0.05, 0.1) is 21.5 Å². The first-order valence-corrected chi connectivity index (χ1v) is 9.33. The van der Waals surface area contributed by atoms with Crippen molar-refractivity contribution in [1.82, 2.24) is 0 Å². The van der Waals surface area contributed by atoms with Crippen LogP contribution in [0.4, 0.5) is 5.69 Å². The molecule has 0 bridgehead atoms. The van der Waals surface area contributed by atoms with Crippen LogP contribution < -0.4 is 5.32 Å². The minimum absolute atomic E-state index is 0.00492. The third-order valence-corrected chi connectivity index (χ3v) is 5.06. The average Bonchev–Trinajstić information content (AvgIpc) is 2.56. The molecular weight excluding hydrogens is 428 g/mol. The molecule has 25 heavy (non-hydrogen) atoms. The van der Waals surface area contributed by atoms with Gasteiger partial charge in [-0.25, -0.2) is 0 Å². The highest BCUT2D eigenvalue weighted by molar-refractivity contribution is 8.00. The van der Waals surface area contributed by atoms with E-state index < -0.39 is 18.5 Å². The van der Waals surface area contributed by atoms with E-state index in [0.717, 1.165) is 0 Å². The molecule has 0 aliphatic heterocycles. The summed E-state index contributed by atoms with van der Waals surface area (Å²) in [6.45, 7) is -0.429. The lowest BCUT2D eigenvalue weighted by atomic mass is 10.3. The molecule has 0 saturated carbocycles.